The summed E-state index contributed by atoms with van der Waals surface area (Å²) in [6, 6.07) is 5.93. The Kier molecular flexibility index (Phi) is 4.49. The summed E-state index contributed by atoms with van der Waals surface area (Å²) < 4.78 is 0. The fourth-order valence-electron chi connectivity index (χ4n) is 2.76. The highest BCUT2D eigenvalue weighted by molar-refractivity contribution is 6.30. The zero-order valence-electron chi connectivity index (χ0n) is 10.8. The number of halogens is 1. The van der Waals surface area contributed by atoms with Crippen molar-refractivity contribution in [3.8, 4) is 0 Å². The molecule has 2 unspecified atom stereocenters. The number of benzene rings is 1. The first kappa shape index (κ1) is 13.7. The number of nitrogens with two attached hydrogens (primary N) is 1. The summed E-state index contributed by atoms with van der Waals surface area (Å²) in [6.45, 7) is 0.486. The number of aliphatic hydroxyl groups is 1. The van der Waals surface area contributed by atoms with Gasteiger partial charge < -0.3 is 15.7 Å². The van der Waals surface area contributed by atoms with Gasteiger partial charge in [-0.2, -0.15) is 0 Å². The summed E-state index contributed by atoms with van der Waals surface area (Å²) in [4.78, 5) is 2.14. The molecule has 0 saturated heterocycles. The van der Waals surface area contributed by atoms with E-state index in [1.807, 2.05) is 25.2 Å². The van der Waals surface area contributed by atoms with E-state index in [0.717, 1.165) is 30.5 Å². The molecular formula is C14H21ClN2O. The lowest BCUT2D eigenvalue weighted by Gasteiger charge is -2.37. The lowest BCUT2D eigenvalue weighted by atomic mass is 9.91. The molecule has 2 rings (SSSR count). The molecule has 3 nitrogen and oxygen atoms in total. The molecule has 1 fully saturated rings. The molecule has 0 bridgehead atoms. The fraction of sp³-hybridized carbons (Fsp3) is 0.571. The van der Waals surface area contributed by atoms with E-state index in [1.165, 1.54) is 6.42 Å². The monoisotopic (exact) mass is 268 g/mol. The van der Waals surface area contributed by atoms with Crippen LogP contribution in [-0.4, -0.2) is 24.3 Å². The van der Waals surface area contributed by atoms with Crippen LogP contribution in [-0.2, 0) is 6.54 Å². The van der Waals surface area contributed by atoms with Crippen molar-refractivity contribution in [3.05, 3.63) is 28.8 Å². The molecule has 0 radical (unpaired) electrons. The molecule has 1 aromatic rings. The van der Waals surface area contributed by atoms with E-state index in [9.17, 15) is 5.11 Å². The minimum Gasteiger partial charge on any atom is -0.391 e. The van der Waals surface area contributed by atoms with Gasteiger partial charge in [0.25, 0.3) is 0 Å². The third-order valence-corrected chi connectivity index (χ3v) is 4.07. The molecule has 18 heavy (non-hydrogen) atoms. The van der Waals surface area contributed by atoms with Crippen molar-refractivity contribution in [1.82, 2.24) is 0 Å². The zero-order chi connectivity index (χ0) is 13.1. The predicted molar refractivity (Wildman–Crippen MR) is 76.0 cm³/mol. The minimum atomic E-state index is -0.256. The molecule has 1 saturated carbocycles. The summed E-state index contributed by atoms with van der Waals surface area (Å²) in [5, 5.41) is 10.8. The van der Waals surface area contributed by atoms with Gasteiger partial charge in [-0.15, -0.1) is 0 Å². The first-order chi connectivity index (χ1) is 8.63. The smallest absolute Gasteiger partial charge is 0.0743 e. The van der Waals surface area contributed by atoms with Crippen LogP contribution in [0.25, 0.3) is 0 Å². The summed E-state index contributed by atoms with van der Waals surface area (Å²) in [5.41, 5.74) is 7.88. The zero-order valence-corrected chi connectivity index (χ0v) is 11.5. The highest BCUT2D eigenvalue weighted by atomic mass is 35.5. The van der Waals surface area contributed by atoms with Crippen molar-refractivity contribution < 1.29 is 5.11 Å². The first-order valence-corrected chi connectivity index (χ1v) is 6.90. The van der Waals surface area contributed by atoms with Crippen LogP contribution in [0.1, 0.15) is 31.2 Å². The Morgan fingerprint density at radius 2 is 2.11 bits per heavy atom. The summed E-state index contributed by atoms with van der Waals surface area (Å²) in [5.74, 6) is 0. The van der Waals surface area contributed by atoms with Crippen LogP contribution in [0.15, 0.2) is 18.2 Å². The van der Waals surface area contributed by atoms with Gasteiger partial charge in [0.05, 0.1) is 12.1 Å². The number of hydrogen-bond donors (Lipinski definition) is 2. The Morgan fingerprint density at radius 3 is 2.78 bits per heavy atom. The van der Waals surface area contributed by atoms with Gasteiger partial charge >= 0.3 is 0 Å². The number of rotatable bonds is 3. The highest BCUT2D eigenvalue weighted by Crippen LogP contribution is 2.30. The second-order valence-corrected chi connectivity index (χ2v) is 5.44. The molecule has 0 spiro atoms. The van der Waals surface area contributed by atoms with Gasteiger partial charge in [-0.25, -0.2) is 0 Å². The van der Waals surface area contributed by atoms with Crippen molar-refractivity contribution in [3.63, 3.8) is 0 Å². The average molecular weight is 269 g/mol. The molecule has 0 aromatic heterocycles. The van der Waals surface area contributed by atoms with Crippen molar-refractivity contribution in [2.24, 2.45) is 5.73 Å². The molecule has 3 N–H and O–H groups in total. The molecule has 1 aliphatic carbocycles. The molecule has 1 aromatic carbocycles. The van der Waals surface area contributed by atoms with Crippen molar-refractivity contribution in [1.29, 1.82) is 0 Å². The number of anilines is 1. The first-order valence-electron chi connectivity index (χ1n) is 6.53. The van der Waals surface area contributed by atoms with E-state index >= 15 is 0 Å². The van der Waals surface area contributed by atoms with E-state index in [4.69, 9.17) is 17.3 Å². The largest absolute Gasteiger partial charge is 0.391 e. The van der Waals surface area contributed by atoms with Gasteiger partial charge in [0, 0.05) is 24.3 Å². The Hall–Kier alpha value is -0.770. The van der Waals surface area contributed by atoms with Crippen LogP contribution in [0.5, 0.6) is 0 Å². The summed E-state index contributed by atoms with van der Waals surface area (Å²) in [7, 11) is 2.02. The Morgan fingerprint density at radius 1 is 1.39 bits per heavy atom. The normalized spacial score (nSPS) is 24.0. The Bertz CT molecular complexity index is 411. The van der Waals surface area contributed by atoms with Gasteiger partial charge in [0.15, 0.2) is 0 Å². The van der Waals surface area contributed by atoms with Gasteiger partial charge in [-0.05, 0) is 30.5 Å². The third-order valence-electron chi connectivity index (χ3n) is 3.84. The van der Waals surface area contributed by atoms with Crippen LogP contribution in [0.2, 0.25) is 5.02 Å². The topological polar surface area (TPSA) is 49.5 Å². The minimum absolute atomic E-state index is 0.169. The molecule has 1 aliphatic rings. The Labute approximate surface area is 114 Å². The van der Waals surface area contributed by atoms with Crippen LogP contribution in [0, 0.1) is 0 Å². The van der Waals surface area contributed by atoms with E-state index in [1.54, 1.807) is 0 Å². The molecule has 100 valence electrons. The Balaban J connectivity index is 2.26. The maximum atomic E-state index is 10.1. The maximum absolute atomic E-state index is 10.1. The second kappa shape index (κ2) is 5.91. The highest BCUT2D eigenvalue weighted by Gasteiger charge is 2.27. The number of aliphatic hydroxyl groups excluding tert-OH is 1. The van der Waals surface area contributed by atoms with Crippen LogP contribution < -0.4 is 10.6 Å². The second-order valence-electron chi connectivity index (χ2n) is 5.01. The molecule has 2 atom stereocenters. The molecule has 4 heteroatoms. The van der Waals surface area contributed by atoms with Crippen LogP contribution in [0.4, 0.5) is 5.69 Å². The molecular weight excluding hydrogens is 248 g/mol. The van der Waals surface area contributed by atoms with Crippen LogP contribution >= 0.6 is 11.6 Å². The van der Waals surface area contributed by atoms with E-state index in [0.29, 0.717) is 11.6 Å². The average Bonchev–Trinajstić information content (AvgIpc) is 2.38. The quantitative estimate of drug-likeness (QED) is 0.886. The van der Waals surface area contributed by atoms with Crippen molar-refractivity contribution in [2.75, 3.05) is 11.9 Å². The van der Waals surface area contributed by atoms with Crippen molar-refractivity contribution >= 4 is 17.3 Å². The fourth-order valence-corrected chi connectivity index (χ4v) is 2.93. The van der Waals surface area contributed by atoms with E-state index in [2.05, 4.69) is 4.90 Å². The van der Waals surface area contributed by atoms with Crippen LogP contribution in [0.3, 0.4) is 0 Å². The molecule has 0 amide bonds. The molecule has 0 aliphatic heterocycles. The summed E-state index contributed by atoms with van der Waals surface area (Å²) in [6.07, 6.45) is 3.94. The lowest BCUT2D eigenvalue weighted by Crippen LogP contribution is -2.43. The SMILES string of the molecule is CN(c1cc(Cl)ccc1CN)C1CCCCC1O. The predicted octanol–water partition coefficient (Wildman–Crippen LogP) is 2.54. The number of nitrogens with zero attached hydrogens (tertiary/aromatic N) is 1. The van der Waals surface area contributed by atoms with Gasteiger partial charge in [-0.3, -0.25) is 0 Å². The maximum Gasteiger partial charge on any atom is 0.0743 e. The number of hydrogen-bond acceptors (Lipinski definition) is 3. The third kappa shape index (κ3) is 2.79. The van der Waals surface area contributed by atoms with Gasteiger partial charge in [0.2, 0.25) is 0 Å². The van der Waals surface area contributed by atoms with E-state index in [-0.39, 0.29) is 12.1 Å². The molecule has 0 heterocycles. The standard InChI is InChI=1S/C14H21ClN2O/c1-17(12-4-2-3-5-14(12)18)13-8-11(15)7-6-10(13)9-16/h6-8,12,14,18H,2-5,9,16H2,1H3. The number of likely N-dealkylation sites (N-methyl/N-ethyl adjacent to an activating group) is 1. The lowest BCUT2D eigenvalue weighted by molar-refractivity contribution is 0.106. The van der Waals surface area contributed by atoms with E-state index < -0.39 is 0 Å². The van der Waals surface area contributed by atoms with Gasteiger partial charge in [0.1, 0.15) is 0 Å². The van der Waals surface area contributed by atoms with Gasteiger partial charge in [-0.1, -0.05) is 30.5 Å². The van der Waals surface area contributed by atoms with Crippen molar-refractivity contribution in [2.45, 2.75) is 44.4 Å². The summed E-state index contributed by atoms with van der Waals surface area (Å²) >= 11 is 6.06.